The van der Waals surface area contributed by atoms with E-state index >= 15 is 0 Å². The lowest BCUT2D eigenvalue weighted by atomic mass is 9.77. The Hall–Kier alpha value is -0.960. The first-order valence-electron chi connectivity index (χ1n) is 7.73. The van der Waals surface area contributed by atoms with Crippen molar-refractivity contribution >= 4 is 0 Å². The van der Waals surface area contributed by atoms with Crippen LogP contribution in [0.3, 0.4) is 0 Å². The van der Waals surface area contributed by atoms with E-state index < -0.39 is 0 Å². The van der Waals surface area contributed by atoms with Crippen molar-refractivity contribution in [3.05, 3.63) is 23.8 Å². The zero-order valence-corrected chi connectivity index (χ0v) is 12.5. The number of nitrogens with zero attached hydrogens (tertiary/aromatic N) is 2. The number of nitrogens with one attached hydrogen (secondary N) is 1. The van der Waals surface area contributed by atoms with Gasteiger partial charge >= 0.3 is 0 Å². The quantitative estimate of drug-likeness (QED) is 0.881. The van der Waals surface area contributed by atoms with Crippen molar-refractivity contribution in [2.75, 3.05) is 6.54 Å². The van der Waals surface area contributed by atoms with Crippen molar-refractivity contribution in [2.45, 2.75) is 58.9 Å². The van der Waals surface area contributed by atoms with Crippen molar-refractivity contribution < 1.29 is 0 Å². The summed E-state index contributed by atoms with van der Waals surface area (Å²) < 4.78 is 0. The average Bonchev–Trinajstić information content (AvgIpc) is 2.45. The van der Waals surface area contributed by atoms with Gasteiger partial charge in [-0.3, -0.25) is 0 Å². The Morgan fingerprint density at radius 1 is 1.26 bits per heavy atom. The van der Waals surface area contributed by atoms with Crippen LogP contribution in [0.5, 0.6) is 0 Å². The lowest BCUT2D eigenvalue weighted by Gasteiger charge is -2.30. The monoisotopic (exact) mass is 261 g/mol. The summed E-state index contributed by atoms with van der Waals surface area (Å²) in [5.41, 5.74) is 1.12. The van der Waals surface area contributed by atoms with Crippen molar-refractivity contribution in [1.29, 1.82) is 0 Å². The first-order valence-corrected chi connectivity index (χ1v) is 7.73. The second kappa shape index (κ2) is 6.99. The van der Waals surface area contributed by atoms with E-state index in [1.54, 1.807) is 0 Å². The Bertz CT molecular complexity index is 381. The van der Waals surface area contributed by atoms with Crippen LogP contribution in [0.1, 0.15) is 63.9 Å². The molecule has 0 aromatic carbocycles. The molecule has 1 heterocycles. The third-order valence-corrected chi connectivity index (χ3v) is 4.37. The summed E-state index contributed by atoms with van der Waals surface area (Å²) in [6, 6.07) is 2.02. The summed E-state index contributed by atoms with van der Waals surface area (Å²) in [6.07, 6.45) is 7.11. The average molecular weight is 261 g/mol. The molecular weight excluding hydrogens is 234 g/mol. The second-order valence-electron chi connectivity index (χ2n) is 6.04. The SMILES string of the molecule is CCNCc1ccnc(C2CCC(C(C)C)CC2)n1. The van der Waals surface area contributed by atoms with Crippen molar-refractivity contribution in [1.82, 2.24) is 15.3 Å². The van der Waals surface area contributed by atoms with E-state index in [-0.39, 0.29) is 0 Å². The van der Waals surface area contributed by atoms with Gasteiger partial charge in [0.2, 0.25) is 0 Å². The maximum absolute atomic E-state index is 4.73. The van der Waals surface area contributed by atoms with Crippen LogP contribution in [0.2, 0.25) is 0 Å². The number of hydrogen-bond donors (Lipinski definition) is 1. The molecule has 1 aromatic rings. The highest BCUT2D eigenvalue weighted by atomic mass is 14.9. The van der Waals surface area contributed by atoms with Gasteiger partial charge in [-0.2, -0.15) is 0 Å². The molecule has 0 atom stereocenters. The molecule has 1 aliphatic carbocycles. The lowest BCUT2D eigenvalue weighted by molar-refractivity contribution is 0.254. The van der Waals surface area contributed by atoms with Crippen LogP contribution in [0.25, 0.3) is 0 Å². The van der Waals surface area contributed by atoms with Gasteiger partial charge in [-0.15, -0.1) is 0 Å². The molecule has 0 saturated heterocycles. The molecule has 0 unspecified atom stereocenters. The summed E-state index contributed by atoms with van der Waals surface area (Å²) in [7, 11) is 0. The highest BCUT2D eigenvalue weighted by Crippen LogP contribution is 2.37. The smallest absolute Gasteiger partial charge is 0.131 e. The molecule has 1 fully saturated rings. The molecule has 106 valence electrons. The molecular formula is C16H27N3. The van der Waals surface area contributed by atoms with Gasteiger partial charge in [0.05, 0.1) is 5.69 Å². The van der Waals surface area contributed by atoms with E-state index in [9.17, 15) is 0 Å². The fourth-order valence-electron chi connectivity index (χ4n) is 3.01. The maximum atomic E-state index is 4.73. The molecule has 0 aliphatic heterocycles. The van der Waals surface area contributed by atoms with Crippen LogP contribution >= 0.6 is 0 Å². The van der Waals surface area contributed by atoms with E-state index in [1.165, 1.54) is 25.7 Å². The van der Waals surface area contributed by atoms with Crippen molar-refractivity contribution in [3.63, 3.8) is 0 Å². The molecule has 1 aromatic heterocycles. The van der Waals surface area contributed by atoms with Gasteiger partial charge < -0.3 is 5.32 Å². The highest BCUT2D eigenvalue weighted by molar-refractivity contribution is 5.06. The molecule has 0 radical (unpaired) electrons. The Balaban J connectivity index is 1.95. The van der Waals surface area contributed by atoms with Crippen LogP contribution in [0.15, 0.2) is 12.3 Å². The molecule has 1 aliphatic rings. The van der Waals surface area contributed by atoms with Crippen molar-refractivity contribution in [2.24, 2.45) is 11.8 Å². The molecule has 0 spiro atoms. The molecule has 0 amide bonds. The summed E-state index contributed by atoms with van der Waals surface area (Å²) in [5.74, 6) is 3.37. The van der Waals surface area contributed by atoms with E-state index in [0.717, 1.165) is 36.4 Å². The summed E-state index contributed by atoms with van der Waals surface area (Å²) in [5, 5.41) is 3.33. The molecule has 1 N–H and O–H groups in total. The number of hydrogen-bond acceptors (Lipinski definition) is 3. The Kier molecular flexibility index (Phi) is 5.32. The Morgan fingerprint density at radius 3 is 2.63 bits per heavy atom. The number of rotatable bonds is 5. The predicted octanol–water partition coefficient (Wildman–Crippen LogP) is 3.52. The largest absolute Gasteiger partial charge is 0.311 e. The fraction of sp³-hybridized carbons (Fsp3) is 0.750. The van der Waals surface area contributed by atoms with Gasteiger partial charge in [0, 0.05) is 18.7 Å². The summed E-state index contributed by atoms with van der Waals surface area (Å²) >= 11 is 0. The first kappa shape index (κ1) is 14.4. The van der Waals surface area contributed by atoms with Crippen molar-refractivity contribution in [3.8, 4) is 0 Å². The molecule has 3 heteroatoms. The third kappa shape index (κ3) is 4.00. The van der Waals surface area contributed by atoms with Crippen LogP contribution in [0, 0.1) is 11.8 Å². The third-order valence-electron chi connectivity index (χ3n) is 4.37. The van der Waals surface area contributed by atoms with E-state index in [1.807, 2.05) is 12.3 Å². The Morgan fingerprint density at radius 2 is 2.00 bits per heavy atom. The normalized spacial score (nSPS) is 23.8. The molecule has 2 rings (SSSR count). The van der Waals surface area contributed by atoms with E-state index in [4.69, 9.17) is 4.98 Å². The van der Waals surface area contributed by atoms with Gasteiger partial charge in [-0.05, 0) is 50.1 Å². The molecule has 3 nitrogen and oxygen atoms in total. The zero-order chi connectivity index (χ0) is 13.7. The van der Waals surface area contributed by atoms with Gasteiger partial charge in [0.25, 0.3) is 0 Å². The van der Waals surface area contributed by atoms with Gasteiger partial charge in [0.15, 0.2) is 0 Å². The van der Waals surface area contributed by atoms with Crippen LogP contribution in [-0.2, 0) is 6.54 Å². The van der Waals surface area contributed by atoms with Gasteiger partial charge in [-0.1, -0.05) is 20.8 Å². The minimum atomic E-state index is 0.580. The van der Waals surface area contributed by atoms with Crippen LogP contribution in [-0.4, -0.2) is 16.5 Å². The predicted molar refractivity (Wildman–Crippen MR) is 78.9 cm³/mol. The Labute approximate surface area is 117 Å². The minimum Gasteiger partial charge on any atom is -0.311 e. The minimum absolute atomic E-state index is 0.580. The maximum Gasteiger partial charge on any atom is 0.131 e. The first-order chi connectivity index (χ1) is 9.20. The summed E-state index contributed by atoms with van der Waals surface area (Å²) in [4.78, 5) is 9.23. The van der Waals surface area contributed by atoms with E-state index in [2.05, 4.69) is 31.1 Å². The number of aromatic nitrogens is 2. The van der Waals surface area contributed by atoms with Gasteiger partial charge in [-0.25, -0.2) is 9.97 Å². The molecule has 0 bridgehead atoms. The highest BCUT2D eigenvalue weighted by Gasteiger charge is 2.25. The second-order valence-corrected chi connectivity index (χ2v) is 6.04. The van der Waals surface area contributed by atoms with Gasteiger partial charge in [0.1, 0.15) is 5.82 Å². The fourth-order valence-corrected chi connectivity index (χ4v) is 3.01. The van der Waals surface area contributed by atoms with Crippen LogP contribution in [0.4, 0.5) is 0 Å². The van der Waals surface area contributed by atoms with E-state index in [0.29, 0.717) is 5.92 Å². The van der Waals surface area contributed by atoms with Crippen LogP contribution < -0.4 is 5.32 Å². The zero-order valence-electron chi connectivity index (χ0n) is 12.5. The molecule has 1 saturated carbocycles. The lowest BCUT2D eigenvalue weighted by Crippen LogP contribution is -2.20. The topological polar surface area (TPSA) is 37.8 Å². The molecule has 19 heavy (non-hydrogen) atoms. The standard InChI is InChI=1S/C16H27N3/c1-4-17-11-15-9-10-18-16(19-15)14-7-5-13(6-8-14)12(2)3/h9-10,12-14,17H,4-8,11H2,1-3H3. The summed E-state index contributed by atoms with van der Waals surface area (Å²) in [6.45, 7) is 8.65.